The maximum atomic E-state index is 12.8. The zero-order valence-electron chi connectivity index (χ0n) is 16.3. The first kappa shape index (κ1) is 22.8. The van der Waals surface area contributed by atoms with E-state index < -0.39 is 54.6 Å². The van der Waals surface area contributed by atoms with Crippen molar-refractivity contribution in [1.29, 1.82) is 0 Å². The van der Waals surface area contributed by atoms with Gasteiger partial charge in [-0.1, -0.05) is 12.1 Å². The Labute approximate surface area is 177 Å². The van der Waals surface area contributed by atoms with Crippen molar-refractivity contribution in [3.05, 3.63) is 47.5 Å². The van der Waals surface area contributed by atoms with E-state index in [-0.39, 0.29) is 23.5 Å². The van der Waals surface area contributed by atoms with E-state index in [1.165, 1.54) is 12.1 Å². The van der Waals surface area contributed by atoms with Gasteiger partial charge in [0.05, 0.1) is 6.61 Å². The number of phenolic OH excluding ortho intramolecular Hbond substituents is 3. The van der Waals surface area contributed by atoms with E-state index in [0.717, 1.165) is 17.7 Å². The molecule has 0 saturated carbocycles. The summed E-state index contributed by atoms with van der Waals surface area (Å²) < 4.78 is 10.7. The number of carbonyl (C=O) groups excluding carboxylic acids is 1. The van der Waals surface area contributed by atoms with Crippen LogP contribution in [-0.2, 0) is 11.2 Å². The second-order valence-electron chi connectivity index (χ2n) is 7.24. The van der Waals surface area contributed by atoms with Crippen LogP contribution in [0.2, 0.25) is 0 Å². The van der Waals surface area contributed by atoms with E-state index in [4.69, 9.17) is 9.47 Å². The number of ether oxygens (including phenoxy) is 2. The van der Waals surface area contributed by atoms with Crippen molar-refractivity contribution in [3.8, 4) is 23.0 Å². The van der Waals surface area contributed by atoms with Crippen LogP contribution in [0.1, 0.15) is 22.3 Å². The standard InChI is InChI=1S/C21H24O10/c22-9-16-18(27)19(28)20(29)21(31-16)30-15-8-12(24)7-14(26)17(15)13(25)6-3-10-1-4-11(23)5-2-10/h1-2,4-5,7-8,16,18-24,26-29H,3,6,9H2/t16?,18-,19+,20?,21-/m1/s1. The van der Waals surface area contributed by atoms with Gasteiger partial charge in [0.2, 0.25) is 6.29 Å². The Kier molecular flexibility index (Phi) is 6.98. The van der Waals surface area contributed by atoms with Crippen LogP contribution in [0.5, 0.6) is 23.0 Å². The summed E-state index contributed by atoms with van der Waals surface area (Å²) >= 11 is 0. The van der Waals surface area contributed by atoms with Gasteiger partial charge in [-0.2, -0.15) is 0 Å². The molecule has 10 heteroatoms. The quantitative estimate of drug-likeness (QED) is 0.288. The van der Waals surface area contributed by atoms with Crippen molar-refractivity contribution in [2.45, 2.75) is 43.5 Å². The third-order valence-corrected chi connectivity index (χ3v) is 5.01. The van der Waals surface area contributed by atoms with Crippen molar-refractivity contribution in [2.75, 3.05) is 6.61 Å². The second-order valence-corrected chi connectivity index (χ2v) is 7.24. The van der Waals surface area contributed by atoms with Crippen LogP contribution in [0.15, 0.2) is 36.4 Å². The summed E-state index contributed by atoms with van der Waals surface area (Å²) in [6, 6.07) is 8.23. The number of aryl methyl sites for hydroxylation is 1. The van der Waals surface area contributed by atoms with Gasteiger partial charge in [0.15, 0.2) is 5.78 Å². The molecule has 0 radical (unpaired) electrons. The maximum absolute atomic E-state index is 12.8. The van der Waals surface area contributed by atoms with Crippen molar-refractivity contribution in [3.63, 3.8) is 0 Å². The Morgan fingerprint density at radius 3 is 2.26 bits per heavy atom. The number of aliphatic hydroxyl groups excluding tert-OH is 4. The lowest BCUT2D eigenvalue weighted by Crippen LogP contribution is -2.60. The SMILES string of the molecule is O=C(CCc1ccc(O)cc1)c1c(O)cc(O)cc1O[C@@H]1OC(CO)[C@@H](O)[C@H](O)C1O. The molecular weight excluding hydrogens is 412 g/mol. The third-order valence-electron chi connectivity index (χ3n) is 5.01. The zero-order valence-corrected chi connectivity index (χ0v) is 16.3. The fourth-order valence-corrected chi connectivity index (χ4v) is 3.30. The van der Waals surface area contributed by atoms with Crippen molar-refractivity contribution in [2.24, 2.45) is 0 Å². The Hall–Kier alpha value is -2.89. The Morgan fingerprint density at radius 2 is 1.61 bits per heavy atom. The summed E-state index contributed by atoms with van der Waals surface area (Å²) in [6.07, 6.45) is -7.61. The van der Waals surface area contributed by atoms with Crippen LogP contribution in [0.4, 0.5) is 0 Å². The van der Waals surface area contributed by atoms with Crippen molar-refractivity contribution >= 4 is 5.78 Å². The molecule has 0 aliphatic carbocycles. The molecule has 0 amide bonds. The van der Waals surface area contributed by atoms with E-state index in [0.29, 0.717) is 6.42 Å². The molecule has 5 atom stereocenters. The molecule has 2 aromatic rings. The van der Waals surface area contributed by atoms with Gasteiger partial charge < -0.3 is 45.2 Å². The molecule has 168 valence electrons. The van der Waals surface area contributed by atoms with E-state index in [1.54, 1.807) is 12.1 Å². The maximum Gasteiger partial charge on any atom is 0.229 e. The van der Waals surface area contributed by atoms with Crippen LogP contribution in [-0.4, -0.2) is 78.8 Å². The molecule has 31 heavy (non-hydrogen) atoms. The molecule has 3 rings (SSSR count). The molecule has 0 bridgehead atoms. The van der Waals surface area contributed by atoms with E-state index >= 15 is 0 Å². The van der Waals surface area contributed by atoms with Gasteiger partial charge in [0.1, 0.15) is 53.0 Å². The molecule has 0 spiro atoms. The average molecular weight is 436 g/mol. The highest BCUT2D eigenvalue weighted by atomic mass is 16.7. The first-order valence-corrected chi connectivity index (χ1v) is 9.55. The fraction of sp³-hybridized carbons (Fsp3) is 0.381. The summed E-state index contributed by atoms with van der Waals surface area (Å²) in [4.78, 5) is 12.8. The number of hydrogen-bond donors (Lipinski definition) is 7. The summed E-state index contributed by atoms with van der Waals surface area (Å²) in [5.41, 5.74) is 0.495. The van der Waals surface area contributed by atoms with Crippen LogP contribution in [0.3, 0.4) is 0 Å². The Balaban J connectivity index is 1.82. The minimum absolute atomic E-state index is 0.0475. The molecule has 1 saturated heterocycles. The molecule has 7 N–H and O–H groups in total. The molecule has 1 aliphatic heterocycles. The smallest absolute Gasteiger partial charge is 0.229 e. The van der Waals surface area contributed by atoms with Crippen molar-refractivity contribution < 1.29 is 50.0 Å². The molecule has 2 aromatic carbocycles. The molecule has 10 nitrogen and oxygen atoms in total. The summed E-state index contributed by atoms with van der Waals surface area (Å²) in [5, 5.41) is 68.6. The van der Waals surface area contributed by atoms with E-state index in [2.05, 4.69) is 0 Å². The number of aromatic hydroxyl groups is 3. The van der Waals surface area contributed by atoms with Crippen LogP contribution in [0, 0.1) is 0 Å². The predicted octanol–water partition coefficient (Wildman–Crippen LogP) is -0.202. The molecular formula is C21H24O10. The number of carbonyl (C=O) groups is 1. The highest BCUT2D eigenvalue weighted by Gasteiger charge is 2.45. The minimum atomic E-state index is -1.73. The molecule has 0 aromatic heterocycles. The number of hydrogen-bond acceptors (Lipinski definition) is 10. The zero-order chi connectivity index (χ0) is 22.7. The normalized spacial score (nSPS) is 25.9. The number of benzene rings is 2. The van der Waals surface area contributed by atoms with E-state index in [1.807, 2.05) is 0 Å². The average Bonchev–Trinajstić information content (AvgIpc) is 2.73. The molecule has 2 unspecified atom stereocenters. The largest absolute Gasteiger partial charge is 0.508 e. The topological polar surface area (TPSA) is 177 Å². The Bertz CT molecular complexity index is 911. The summed E-state index contributed by atoms with van der Waals surface area (Å²) in [7, 11) is 0. The summed E-state index contributed by atoms with van der Waals surface area (Å²) in [6.45, 7) is -0.672. The third kappa shape index (κ3) is 5.06. The number of rotatable bonds is 7. The molecule has 1 fully saturated rings. The highest BCUT2D eigenvalue weighted by Crippen LogP contribution is 2.36. The first-order chi connectivity index (χ1) is 14.7. The van der Waals surface area contributed by atoms with Gasteiger partial charge in [-0.25, -0.2) is 0 Å². The molecule has 1 heterocycles. The van der Waals surface area contributed by atoms with Crippen LogP contribution < -0.4 is 4.74 Å². The lowest BCUT2D eigenvalue weighted by atomic mass is 9.99. The Morgan fingerprint density at radius 1 is 0.935 bits per heavy atom. The minimum Gasteiger partial charge on any atom is -0.508 e. The van der Waals surface area contributed by atoms with Gasteiger partial charge >= 0.3 is 0 Å². The van der Waals surface area contributed by atoms with Crippen LogP contribution >= 0.6 is 0 Å². The van der Waals surface area contributed by atoms with Gasteiger partial charge in [-0.05, 0) is 24.1 Å². The van der Waals surface area contributed by atoms with Gasteiger partial charge in [-0.15, -0.1) is 0 Å². The van der Waals surface area contributed by atoms with Gasteiger partial charge in [-0.3, -0.25) is 4.79 Å². The summed E-state index contributed by atoms with van der Waals surface area (Å²) in [5.74, 6) is -1.74. The number of aliphatic hydroxyl groups is 4. The monoisotopic (exact) mass is 436 g/mol. The van der Waals surface area contributed by atoms with Crippen molar-refractivity contribution in [1.82, 2.24) is 0 Å². The molecule has 1 aliphatic rings. The number of phenols is 3. The second kappa shape index (κ2) is 9.50. The number of ketones is 1. The lowest BCUT2D eigenvalue weighted by molar-refractivity contribution is -0.277. The fourth-order valence-electron chi connectivity index (χ4n) is 3.30. The van der Waals surface area contributed by atoms with Gasteiger partial charge in [0.25, 0.3) is 0 Å². The van der Waals surface area contributed by atoms with Gasteiger partial charge in [0, 0.05) is 18.6 Å². The number of Topliss-reactive ketones (excluding diaryl/α,β-unsaturated/α-hetero) is 1. The van der Waals surface area contributed by atoms with E-state index in [9.17, 15) is 40.5 Å². The highest BCUT2D eigenvalue weighted by molar-refractivity contribution is 6.01. The van der Waals surface area contributed by atoms with Crippen LogP contribution in [0.25, 0.3) is 0 Å². The predicted molar refractivity (Wildman–Crippen MR) is 105 cm³/mol. The lowest BCUT2D eigenvalue weighted by Gasteiger charge is -2.39. The first-order valence-electron chi connectivity index (χ1n) is 9.55.